The summed E-state index contributed by atoms with van der Waals surface area (Å²) in [5, 5.41) is 0.918. The summed E-state index contributed by atoms with van der Waals surface area (Å²) in [5.74, 6) is 0.382. The first kappa shape index (κ1) is 13.1. The lowest BCUT2D eigenvalue weighted by molar-refractivity contribution is 0.290. The lowest BCUT2D eigenvalue weighted by Crippen LogP contribution is -2.26. The average Bonchev–Trinajstić information content (AvgIpc) is 2.57. The first-order valence-electron chi connectivity index (χ1n) is 7.31. The van der Waals surface area contributed by atoms with E-state index in [4.69, 9.17) is 4.74 Å². The van der Waals surface area contributed by atoms with Gasteiger partial charge in [-0.05, 0) is 49.2 Å². The molecule has 0 bridgehead atoms. The van der Waals surface area contributed by atoms with Gasteiger partial charge in [0.25, 0.3) is 5.56 Å². The van der Waals surface area contributed by atoms with Gasteiger partial charge in [0.05, 0.1) is 17.7 Å². The second-order valence-electron chi connectivity index (χ2n) is 5.39. The maximum absolute atomic E-state index is 13.2. The van der Waals surface area contributed by atoms with E-state index < -0.39 is 0 Å². The van der Waals surface area contributed by atoms with Crippen LogP contribution in [0.3, 0.4) is 0 Å². The van der Waals surface area contributed by atoms with Crippen molar-refractivity contribution in [2.75, 3.05) is 6.61 Å². The number of ether oxygens (including phenoxy) is 1. The third-order valence-electron chi connectivity index (χ3n) is 4.03. The molecular formula is C18H14FNO2. The van der Waals surface area contributed by atoms with Gasteiger partial charge in [0.2, 0.25) is 0 Å². The molecular weight excluding hydrogens is 281 g/mol. The largest absolute Gasteiger partial charge is 0.492 e. The molecule has 4 heteroatoms. The predicted molar refractivity (Wildman–Crippen MR) is 83.3 cm³/mol. The first-order chi connectivity index (χ1) is 10.8. The Morgan fingerprint density at radius 1 is 1.05 bits per heavy atom. The summed E-state index contributed by atoms with van der Waals surface area (Å²) >= 11 is 0. The Kier molecular flexibility index (Phi) is 2.96. The Morgan fingerprint density at radius 2 is 1.82 bits per heavy atom. The zero-order valence-electron chi connectivity index (χ0n) is 11.9. The molecule has 1 aliphatic heterocycles. The number of hydrogen-bond donors (Lipinski definition) is 0. The van der Waals surface area contributed by atoms with Gasteiger partial charge in [0.1, 0.15) is 11.6 Å². The Bertz CT molecular complexity index is 913. The highest BCUT2D eigenvalue weighted by molar-refractivity contribution is 5.88. The number of rotatable bonds is 1. The van der Waals surface area contributed by atoms with Crippen LogP contribution in [-0.2, 0) is 6.42 Å². The number of halogens is 1. The Balaban J connectivity index is 2.12. The normalized spacial score (nSPS) is 13.7. The van der Waals surface area contributed by atoms with Crippen LogP contribution in [-0.4, -0.2) is 11.2 Å². The molecule has 3 nitrogen and oxygen atoms in total. The molecule has 0 amide bonds. The van der Waals surface area contributed by atoms with Crippen molar-refractivity contribution in [2.45, 2.75) is 12.8 Å². The van der Waals surface area contributed by atoms with Crippen molar-refractivity contribution in [1.29, 1.82) is 0 Å². The first-order valence-corrected chi connectivity index (χ1v) is 7.31. The number of benzene rings is 2. The summed E-state index contributed by atoms with van der Waals surface area (Å²) in [6.07, 6.45) is 1.55. The van der Waals surface area contributed by atoms with Crippen LogP contribution in [0.5, 0.6) is 5.75 Å². The fourth-order valence-corrected chi connectivity index (χ4v) is 3.02. The maximum atomic E-state index is 13.2. The zero-order valence-corrected chi connectivity index (χ0v) is 11.9. The van der Waals surface area contributed by atoms with Crippen molar-refractivity contribution in [3.05, 3.63) is 70.3 Å². The molecule has 2 aromatic carbocycles. The zero-order chi connectivity index (χ0) is 15.1. The lowest BCUT2D eigenvalue weighted by Gasteiger charge is -2.21. The molecule has 110 valence electrons. The fraction of sp³-hybridized carbons (Fsp3) is 0.167. The molecule has 1 aromatic heterocycles. The van der Waals surface area contributed by atoms with Crippen LogP contribution >= 0.6 is 0 Å². The third kappa shape index (κ3) is 1.91. The molecule has 0 spiro atoms. The van der Waals surface area contributed by atoms with Crippen molar-refractivity contribution in [1.82, 2.24) is 4.57 Å². The van der Waals surface area contributed by atoms with Gasteiger partial charge >= 0.3 is 0 Å². The minimum atomic E-state index is -0.317. The predicted octanol–water partition coefficient (Wildman–Crippen LogP) is 3.45. The number of para-hydroxylation sites is 1. The van der Waals surface area contributed by atoms with E-state index in [-0.39, 0.29) is 11.4 Å². The number of aromatic nitrogens is 1. The van der Waals surface area contributed by atoms with Crippen LogP contribution in [0.1, 0.15) is 12.0 Å². The minimum Gasteiger partial charge on any atom is -0.492 e. The van der Waals surface area contributed by atoms with E-state index in [9.17, 15) is 9.18 Å². The van der Waals surface area contributed by atoms with E-state index in [1.165, 1.54) is 12.1 Å². The van der Waals surface area contributed by atoms with E-state index in [1.807, 2.05) is 24.3 Å². The second-order valence-corrected chi connectivity index (χ2v) is 5.39. The van der Waals surface area contributed by atoms with Crippen LogP contribution < -0.4 is 10.3 Å². The molecule has 0 atom stereocenters. The van der Waals surface area contributed by atoms with Gasteiger partial charge in [-0.25, -0.2) is 4.39 Å². The number of hydrogen-bond acceptors (Lipinski definition) is 2. The smallest absolute Gasteiger partial charge is 0.262 e. The molecule has 4 rings (SSSR count). The maximum Gasteiger partial charge on any atom is 0.262 e. The van der Waals surface area contributed by atoms with Crippen LogP contribution in [0.25, 0.3) is 16.6 Å². The Hall–Kier alpha value is -2.62. The lowest BCUT2D eigenvalue weighted by atomic mass is 10.0. The third-order valence-corrected chi connectivity index (χ3v) is 4.03. The summed E-state index contributed by atoms with van der Waals surface area (Å²) in [7, 11) is 0. The molecule has 0 N–H and O–H groups in total. The van der Waals surface area contributed by atoms with Gasteiger partial charge in [-0.15, -0.1) is 0 Å². The summed E-state index contributed by atoms with van der Waals surface area (Å²) in [6.45, 7) is 0.636. The molecule has 0 radical (unpaired) electrons. The highest BCUT2D eigenvalue weighted by Gasteiger charge is 2.21. The Morgan fingerprint density at radius 3 is 2.64 bits per heavy atom. The number of fused-ring (bicyclic) bond motifs is 3. The summed E-state index contributed by atoms with van der Waals surface area (Å²) in [4.78, 5) is 12.9. The van der Waals surface area contributed by atoms with Gasteiger partial charge in [0, 0.05) is 11.1 Å². The van der Waals surface area contributed by atoms with Crippen molar-refractivity contribution >= 4 is 10.9 Å². The summed E-state index contributed by atoms with van der Waals surface area (Å²) in [5.41, 5.74) is 2.06. The molecule has 3 aromatic rings. The van der Waals surface area contributed by atoms with E-state index in [0.29, 0.717) is 30.0 Å². The fourth-order valence-electron chi connectivity index (χ4n) is 3.02. The van der Waals surface area contributed by atoms with Crippen molar-refractivity contribution in [3.8, 4) is 11.4 Å². The second kappa shape index (κ2) is 4.98. The molecule has 22 heavy (non-hydrogen) atoms. The van der Waals surface area contributed by atoms with Gasteiger partial charge in [-0.2, -0.15) is 0 Å². The van der Waals surface area contributed by atoms with Crippen LogP contribution in [0.15, 0.2) is 53.3 Å². The number of pyridine rings is 1. The quantitative estimate of drug-likeness (QED) is 0.688. The van der Waals surface area contributed by atoms with Crippen molar-refractivity contribution < 1.29 is 9.13 Å². The highest BCUT2D eigenvalue weighted by Crippen LogP contribution is 2.32. The minimum absolute atomic E-state index is 0.0833. The SMILES string of the molecule is O=c1c2c(c3ccccc3n1-c1ccc(F)cc1)OCCC2. The number of nitrogens with zero attached hydrogens (tertiary/aromatic N) is 1. The molecule has 2 heterocycles. The molecule has 0 saturated heterocycles. The average molecular weight is 295 g/mol. The van der Waals surface area contributed by atoms with Gasteiger partial charge in [0.15, 0.2) is 0 Å². The van der Waals surface area contributed by atoms with Gasteiger partial charge < -0.3 is 4.74 Å². The standard InChI is InChI=1S/C18H14FNO2/c19-12-7-9-13(10-8-12)20-16-6-2-1-4-14(16)17-15(18(20)21)5-3-11-22-17/h1-2,4,6-10H,3,5,11H2. The van der Waals surface area contributed by atoms with Crippen LogP contribution in [0.4, 0.5) is 4.39 Å². The van der Waals surface area contributed by atoms with E-state index >= 15 is 0 Å². The van der Waals surface area contributed by atoms with E-state index in [1.54, 1.807) is 16.7 Å². The van der Waals surface area contributed by atoms with E-state index in [0.717, 1.165) is 17.3 Å². The van der Waals surface area contributed by atoms with Crippen molar-refractivity contribution in [3.63, 3.8) is 0 Å². The molecule has 0 saturated carbocycles. The van der Waals surface area contributed by atoms with E-state index in [2.05, 4.69) is 0 Å². The molecule has 0 unspecified atom stereocenters. The molecule has 0 fully saturated rings. The summed E-state index contributed by atoms with van der Waals surface area (Å²) < 4.78 is 20.6. The summed E-state index contributed by atoms with van der Waals surface area (Å²) in [6, 6.07) is 13.6. The van der Waals surface area contributed by atoms with Crippen molar-refractivity contribution in [2.24, 2.45) is 0 Å². The monoisotopic (exact) mass is 295 g/mol. The van der Waals surface area contributed by atoms with Crippen LogP contribution in [0.2, 0.25) is 0 Å². The highest BCUT2D eigenvalue weighted by atomic mass is 19.1. The molecule has 0 aliphatic carbocycles. The van der Waals surface area contributed by atoms with Crippen LogP contribution in [0, 0.1) is 5.82 Å². The topological polar surface area (TPSA) is 31.2 Å². The Labute approximate surface area is 126 Å². The molecule has 1 aliphatic rings. The van der Waals surface area contributed by atoms with Gasteiger partial charge in [-0.1, -0.05) is 12.1 Å². The van der Waals surface area contributed by atoms with Gasteiger partial charge in [-0.3, -0.25) is 9.36 Å².